The molecule has 4 rings (SSSR count). The molecular weight excluding hydrogens is 294 g/mol. The highest BCUT2D eigenvalue weighted by Gasteiger charge is 2.24. The van der Waals surface area contributed by atoms with Crippen LogP contribution in [-0.4, -0.2) is 27.5 Å². The zero-order valence-electron chi connectivity index (χ0n) is 14.3. The minimum absolute atomic E-state index is 0.515. The standard InChI is InChI=1S/C21H25N3/c1-17(19-7-3-2-4-8-19)23-13-11-18(12-14-23)15-24-16-22-20-9-5-6-10-21(20)24/h2-10,16-18H,11-15H2,1H3. The number of aromatic nitrogens is 2. The largest absolute Gasteiger partial charge is 0.330 e. The first kappa shape index (κ1) is 15.4. The Morgan fingerprint density at radius 1 is 1.00 bits per heavy atom. The molecule has 1 fully saturated rings. The molecule has 2 heterocycles. The van der Waals surface area contributed by atoms with Crippen LogP contribution < -0.4 is 0 Å². The van der Waals surface area contributed by atoms with Gasteiger partial charge in [-0.1, -0.05) is 42.5 Å². The summed E-state index contributed by atoms with van der Waals surface area (Å²) >= 11 is 0. The second kappa shape index (κ2) is 6.78. The molecule has 0 amide bonds. The zero-order chi connectivity index (χ0) is 16.4. The van der Waals surface area contributed by atoms with E-state index >= 15 is 0 Å². The third kappa shape index (κ3) is 3.09. The lowest BCUT2D eigenvalue weighted by Gasteiger charge is -2.36. The molecule has 0 bridgehead atoms. The van der Waals surface area contributed by atoms with E-state index < -0.39 is 0 Å². The molecule has 1 aromatic heterocycles. The Hall–Kier alpha value is -2.13. The summed E-state index contributed by atoms with van der Waals surface area (Å²) in [4.78, 5) is 7.14. The second-order valence-corrected chi connectivity index (χ2v) is 6.95. The molecule has 24 heavy (non-hydrogen) atoms. The number of para-hydroxylation sites is 2. The number of imidazole rings is 1. The van der Waals surface area contributed by atoms with Crippen LogP contribution in [0.2, 0.25) is 0 Å². The fraction of sp³-hybridized carbons (Fsp3) is 0.381. The third-order valence-electron chi connectivity index (χ3n) is 5.46. The summed E-state index contributed by atoms with van der Waals surface area (Å²) < 4.78 is 2.33. The van der Waals surface area contributed by atoms with E-state index in [1.54, 1.807) is 0 Å². The summed E-state index contributed by atoms with van der Waals surface area (Å²) in [5.41, 5.74) is 3.79. The number of piperidine rings is 1. The number of nitrogens with zero attached hydrogens (tertiary/aromatic N) is 3. The molecule has 1 unspecified atom stereocenters. The molecule has 3 nitrogen and oxygen atoms in total. The Morgan fingerprint density at radius 2 is 1.71 bits per heavy atom. The van der Waals surface area contributed by atoms with Crippen LogP contribution in [-0.2, 0) is 6.54 Å². The van der Waals surface area contributed by atoms with Gasteiger partial charge in [0.15, 0.2) is 0 Å². The van der Waals surface area contributed by atoms with Crippen LogP contribution in [0.4, 0.5) is 0 Å². The normalized spacial score (nSPS) is 18.0. The number of hydrogen-bond donors (Lipinski definition) is 0. The van der Waals surface area contributed by atoms with Crippen molar-refractivity contribution in [3.8, 4) is 0 Å². The van der Waals surface area contributed by atoms with E-state index in [-0.39, 0.29) is 0 Å². The predicted molar refractivity (Wildman–Crippen MR) is 98.9 cm³/mol. The van der Waals surface area contributed by atoms with Gasteiger partial charge < -0.3 is 4.57 Å². The number of rotatable bonds is 4. The molecule has 0 saturated carbocycles. The molecule has 124 valence electrons. The Morgan fingerprint density at radius 3 is 2.50 bits per heavy atom. The second-order valence-electron chi connectivity index (χ2n) is 6.95. The van der Waals surface area contributed by atoms with E-state index in [1.807, 2.05) is 6.33 Å². The molecule has 1 aliphatic heterocycles. The molecule has 0 aliphatic carbocycles. The average Bonchev–Trinajstić information content (AvgIpc) is 3.06. The minimum atomic E-state index is 0.515. The summed E-state index contributed by atoms with van der Waals surface area (Å²) in [5, 5.41) is 0. The highest BCUT2D eigenvalue weighted by molar-refractivity contribution is 5.74. The van der Waals surface area contributed by atoms with Crippen molar-refractivity contribution in [1.29, 1.82) is 0 Å². The van der Waals surface area contributed by atoms with Gasteiger partial charge in [-0.2, -0.15) is 0 Å². The van der Waals surface area contributed by atoms with Crippen LogP contribution in [0, 0.1) is 5.92 Å². The lowest BCUT2D eigenvalue weighted by molar-refractivity contribution is 0.134. The topological polar surface area (TPSA) is 21.1 Å². The fourth-order valence-electron chi connectivity index (χ4n) is 3.90. The van der Waals surface area contributed by atoms with Gasteiger partial charge in [-0.05, 0) is 56.5 Å². The lowest BCUT2D eigenvalue weighted by Crippen LogP contribution is -2.36. The Labute approximate surface area is 143 Å². The fourth-order valence-corrected chi connectivity index (χ4v) is 3.90. The Bertz CT molecular complexity index is 785. The molecule has 1 saturated heterocycles. The number of benzene rings is 2. The summed E-state index contributed by atoms with van der Waals surface area (Å²) in [5.74, 6) is 0.752. The predicted octanol–water partition coefficient (Wildman–Crippen LogP) is 4.51. The number of likely N-dealkylation sites (tertiary alicyclic amines) is 1. The molecule has 3 aromatic rings. The highest BCUT2D eigenvalue weighted by atomic mass is 15.2. The maximum Gasteiger partial charge on any atom is 0.0958 e. The van der Waals surface area contributed by atoms with E-state index in [9.17, 15) is 0 Å². The van der Waals surface area contributed by atoms with E-state index in [0.717, 1.165) is 18.0 Å². The van der Waals surface area contributed by atoms with Gasteiger partial charge in [0.1, 0.15) is 0 Å². The van der Waals surface area contributed by atoms with E-state index in [2.05, 4.69) is 76.0 Å². The number of hydrogen-bond acceptors (Lipinski definition) is 2. The molecule has 3 heteroatoms. The van der Waals surface area contributed by atoms with Crippen molar-refractivity contribution >= 4 is 11.0 Å². The van der Waals surface area contributed by atoms with Crippen molar-refractivity contribution in [2.75, 3.05) is 13.1 Å². The lowest BCUT2D eigenvalue weighted by atomic mass is 9.94. The quantitative estimate of drug-likeness (QED) is 0.705. The summed E-state index contributed by atoms with van der Waals surface area (Å²) in [6.45, 7) is 5.80. The summed E-state index contributed by atoms with van der Waals surface area (Å²) in [6.07, 6.45) is 4.54. The van der Waals surface area contributed by atoms with Crippen molar-refractivity contribution in [3.05, 3.63) is 66.5 Å². The monoisotopic (exact) mass is 319 g/mol. The van der Waals surface area contributed by atoms with Crippen LogP contribution in [0.5, 0.6) is 0 Å². The van der Waals surface area contributed by atoms with Gasteiger partial charge in [0, 0.05) is 12.6 Å². The average molecular weight is 319 g/mol. The molecular formula is C21H25N3. The van der Waals surface area contributed by atoms with Gasteiger partial charge in [-0.15, -0.1) is 0 Å². The van der Waals surface area contributed by atoms with E-state index in [0.29, 0.717) is 6.04 Å². The van der Waals surface area contributed by atoms with Crippen LogP contribution in [0.15, 0.2) is 60.9 Å². The molecule has 0 spiro atoms. The third-order valence-corrected chi connectivity index (χ3v) is 5.46. The van der Waals surface area contributed by atoms with Gasteiger partial charge in [0.05, 0.1) is 17.4 Å². The maximum atomic E-state index is 4.52. The molecule has 2 aromatic carbocycles. The molecule has 1 aliphatic rings. The smallest absolute Gasteiger partial charge is 0.0958 e. The van der Waals surface area contributed by atoms with Gasteiger partial charge >= 0.3 is 0 Å². The van der Waals surface area contributed by atoms with Crippen molar-refractivity contribution < 1.29 is 0 Å². The van der Waals surface area contributed by atoms with Crippen molar-refractivity contribution in [2.45, 2.75) is 32.4 Å². The zero-order valence-corrected chi connectivity index (χ0v) is 14.3. The number of fused-ring (bicyclic) bond motifs is 1. The van der Waals surface area contributed by atoms with Gasteiger partial charge in [0.25, 0.3) is 0 Å². The van der Waals surface area contributed by atoms with Crippen LogP contribution in [0.3, 0.4) is 0 Å². The SMILES string of the molecule is CC(c1ccccc1)N1CCC(Cn2cnc3ccccc32)CC1. The highest BCUT2D eigenvalue weighted by Crippen LogP contribution is 2.28. The van der Waals surface area contributed by atoms with Crippen LogP contribution >= 0.6 is 0 Å². The van der Waals surface area contributed by atoms with Gasteiger partial charge in [0.2, 0.25) is 0 Å². The first-order valence-corrected chi connectivity index (χ1v) is 9.00. The van der Waals surface area contributed by atoms with E-state index in [1.165, 1.54) is 37.0 Å². The molecule has 1 atom stereocenters. The van der Waals surface area contributed by atoms with Gasteiger partial charge in [-0.25, -0.2) is 4.98 Å². The first-order valence-electron chi connectivity index (χ1n) is 9.00. The van der Waals surface area contributed by atoms with Crippen molar-refractivity contribution in [1.82, 2.24) is 14.5 Å². The van der Waals surface area contributed by atoms with Crippen molar-refractivity contribution in [3.63, 3.8) is 0 Å². The Kier molecular flexibility index (Phi) is 4.35. The van der Waals surface area contributed by atoms with Crippen LogP contribution in [0.1, 0.15) is 31.4 Å². The molecule has 0 N–H and O–H groups in total. The van der Waals surface area contributed by atoms with E-state index in [4.69, 9.17) is 0 Å². The van der Waals surface area contributed by atoms with Gasteiger partial charge in [-0.3, -0.25) is 4.90 Å². The Balaban J connectivity index is 1.38. The minimum Gasteiger partial charge on any atom is -0.330 e. The first-order chi connectivity index (χ1) is 11.8. The maximum absolute atomic E-state index is 4.52. The molecule has 0 radical (unpaired) electrons. The van der Waals surface area contributed by atoms with Crippen LogP contribution in [0.25, 0.3) is 11.0 Å². The summed E-state index contributed by atoms with van der Waals surface area (Å²) in [7, 11) is 0. The summed E-state index contributed by atoms with van der Waals surface area (Å²) in [6, 6.07) is 19.8. The van der Waals surface area contributed by atoms with Crippen molar-refractivity contribution in [2.24, 2.45) is 5.92 Å².